The van der Waals surface area contributed by atoms with Crippen LogP contribution < -0.4 is 19.1 Å². The van der Waals surface area contributed by atoms with Gasteiger partial charge < -0.3 is 8.92 Å². The second kappa shape index (κ2) is 12.3. The van der Waals surface area contributed by atoms with E-state index in [0.717, 1.165) is 10.5 Å². The van der Waals surface area contributed by atoms with Crippen LogP contribution in [0.25, 0.3) is 6.08 Å². The lowest BCUT2D eigenvalue weighted by Gasteiger charge is -2.26. The lowest BCUT2D eigenvalue weighted by molar-refractivity contribution is -0.122. The van der Waals surface area contributed by atoms with Crippen LogP contribution in [0.4, 0.5) is 10.5 Å². The quantitative estimate of drug-likeness (QED) is 0.131. The van der Waals surface area contributed by atoms with E-state index in [2.05, 4.69) is 37.2 Å². The zero-order chi connectivity index (χ0) is 29.9. The molecule has 1 aliphatic heterocycles. The summed E-state index contributed by atoms with van der Waals surface area (Å²) in [6.07, 6.45) is 1.17. The molecule has 0 radical (unpaired) electrons. The summed E-state index contributed by atoms with van der Waals surface area (Å²) in [5.41, 5.74) is 0.847. The molecule has 0 unspecified atom stereocenters. The maximum Gasteiger partial charge on any atom is 0.339 e. The predicted octanol–water partition coefficient (Wildman–Crippen LogP) is 6.22. The summed E-state index contributed by atoms with van der Waals surface area (Å²) < 4.78 is 37.9. The van der Waals surface area contributed by atoms with Gasteiger partial charge in [-0.1, -0.05) is 64.5 Å². The first kappa shape index (κ1) is 29.2. The van der Waals surface area contributed by atoms with E-state index in [4.69, 9.17) is 8.92 Å². The maximum absolute atomic E-state index is 13.5. The van der Waals surface area contributed by atoms with Crippen LogP contribution in [0.2, 0.25) is 0 Å². The van der Waals surface area contributed by atoms with Crippen LogP contribution in [0.3, 0.4) is 0 Å². The molecular formula is C30H20Br2N2O7S. The largest absolute Gasteiger partial charge is 0.489 e. The SMILES string of the molecule is O=C1NC(=O)N(c2ccc(OCc3ccccc3)cc2)C(=O)/C1=C/c1cc(Br)cc(Br)c1OS(=O)(=O)c1ccccc1. The van der Waals surface area contributed by atoms with E-state index in [-0.39, 0.29) is 26.4 Å². The highest BCUT2D eigenvalue weighted by atomic mass is 79.9. The molecule has 5 rings (SSSR count). The highest BCUT2D eigenvalue weighted by Gasteiger charge is 2.37. The van der Waals surface area contributed by atoms with E-state index in [1.807, 2.05) is 30.3 Å². The summed E-state index contributed by atoms with van der Waals surface area (Å²) >= 11 is 6.63. The number of nitrogens with zero attached hydrogens (tertiary/aromatic N) is 1. The van der Waals surface area contributed by atoms with Gasteiger partial charge in [0, 0.05) is 10.0 Å². The molecule has 0 aromatic heterocycles. The van der Waals surface area contributed by atoms with Crippen LogP contribution in [0.5, 0.6) is 11.5 Å². The molecule has 0 bridgehead atoms. The number of imide groups is 2. The van der Waals surface area contributed by atoms with Crippen molar-refractivity contribution >= 4 is 71.6 Å². The Morgan fingerprint density at radius 1 is 0.833 bits per heavy atom. The second-order valence-electron chi connectivity index (χ2n) is 8.88. The van der Waals surface area contributed by atoms with Crippen molar-refractivity contribution in [2.75, 3.05) is 4.90 Å². The molecule has 1 heterocycles. The number of amides is 4. The Morgan fingerprint density at radius 3 is 2.14 bits per heavy atom. The van der Waals surface area contributed by atoms with Crippen LogP contribution in [0.15, 0.2) is 116 Å². The minimum absolute atomic E-state index is 0.0853. The third-order valence-electron chi connectivity index (χ3n) is 6.01. The lowest BCUT2D eigenvalue weighted by atomic mass is 10.1. The van der Waals surface area contributed by atoms with Crippen molar-refractivity contribution in [3.05, 3.63) is 123 Å². The van der Waals surface area contributed by atoms with Crippen LogP contribution in [-0.2, 0) is 26.3 Å². The van der Waals surface area contributed by atoms with Crippen molar-refractivity contribution in [3.63, 3.8) is 0 Å². The number of nitrogens with one attached hydrogen (secondary N) is 1. The van der Waals surface area contributed by atoms with Gasteiger partial charge >= 0.3 is 16.1 Å². The van der Waals surface area contributed by atoms with Crippen molar-refractivity contribution in [2.24, 2.45) is 0 Å². The van der Waals surface area contributed by atoms with Crippen molar-refractivity contribution in [1.29, 1.82) is 0 Å². The first-order valence-electron chi connectivity index (χ1n) is 12.3. The Balaban J connectivity index is 1.44. The highest BCUT2D eigenvalue weighted by Crippen LogP contribution is 2.37. The minimum Gasteiger partial charge on any atom is -0.489 e. The van der Waals surface area contributed by atoms with Gasteiger partial charge in [-0.3, -0.25) is 14.9 Å². The molecule has 212 valence electrons. The van der Waals surface area contributed by atoms with Gasteiger partial charge in [-0.15, -0.1) is 0 Å². The molecule has 0 atom stereocenters. The van der Waals surface area contributed by atoms with Crippen molar-refractivity contribution < 1.29 is 31.7 Å². The van der Waals surface area contributed by atoms with E-state index >= 15 is 0 Å². The standard InChI is InChI=1S/C30H20Br2N2O7S/c31-21-15-20(27(26(32)17-21)41-42(38,39)24-9-5-2-6-10-24)16-25-28(35)33-30(37)34(29(25)36)22-11-13-23(14-12-22)40-18-19-7-3-1-4-8-19/h1-17H,18H2,(H,33,35,37)/b25-16+. The van der Waals surface area contributed by atoms with Crippen LogP contribution >= 0.6 is 31.9 Å². The molecule has 4 amide bonds. The van der Waals surface area contributed by atoms with Crippen molar-refractivity contribution in [3.8, 4) is 11.5 Å². The summed E-state index contributed by atoms with van der Waals surface area (Å²) in [5, 5.41) is 2.16. The Morgan fingerprint density at radius 2 is 1.48 bits per heavy atom. The zero-order valence-electron chi connectivity index (χ0n) is 21.5. The average Bonchev–Trinajstić information content (AvgIpc) is 2.97. The Kier molecular flexibility index (Phi) is 8.57. The van der Waals surface area contributed by atoms with Gasteiger partial charge in [0.2, 0.25) is 0 Å². The number of rotatable bonds is 8. The fraction of sp³-hybridized carbons (Fsp3) is 0.0333. The fourth-order valence-corrected chi connectivity index (χ4v) is 6.44. The topological polar surface area (TPSA) is 119 Å². The van der Waals surface area contributed by atoms with Gasteiger partial charge in [-0.25, -0.2) is 9.69 Å². The number of benzene rings is 4. The number of ether oxygens (including phenoxy) is 1. The molecule has 0 saturated carbocycles. The van der Waals surface area contributed by atoms with Gasteiger partial charge in [-0.05, 0) is 76.1 Å². The third-order valence-corrected chi connectivity index (χ3v) is 8.29. The molecular weight excluding hydrogens is 692 g/mol. The summed E-state index contributed by atoms with van der Waals surface area (Å²) in [5.74, 6) is -1.50. The number of carbonyl (C=O) groups is 3. The molecule has 42 heavy (non-hydrogen) atoms. The highest BCUT2D eigenvalue weighted by molar-refractivity contribution is 9.11. The monoisotopic (exact) mass is 710 g/mol. The Hall–Kier alpha value is -4.26. The van der Waals surface area contributed by atoms with Crippen molar-refractivity contribution in [1.82, 2.24) is 5.32 Å². The molecule has 9 nitrogen and oxygen atoms in total. The maximum atomic E-state index is 13.5. The van der Waals surface area contributed by atoms with Gasteiger partial charge in [0.25, 0.3) is 11.8 Å². The van der Waals surface area contributed by atoms with E-state index in [1.54, 1.807) is 36.4 Å². The van der Waals surface area contributed by atoms with Crippen LogP contribution in [-0.4, -0.2) is 26.3 Å². The van der Waals surface area contributed by atoms with Gasteiger partial charge in [0.15, 0.2) is 5.75 Å². The van der Waals surface area contributed by atoms with E-state index in [9.17, 15) is 22.8 Å². The Labute approximate surface area is 258 Å². The normalized spacial score (nSPS) is 14.6. The summed E-state index contributed by atoms with van der Waals surface area (Å²) in [6, 6.07) is 25.4. The Bertz CT molecular complexity index is 1810. The minimum atomic E-state index is -4.26. The first-order valence-corrected chi connectivity index (χ1v) is 15.3. The number of barbiturate groups is 1. The van der Waals surface area contributed by atoms with Gasteiger partial charge in [0.1, 0.15) is 22.8 Å². The summed E-state index contributed by atoms with van der Waals surface area (Å²) in [4.78, 5) is 39.8. The number of carbonyl (C=O) groups excluding carboxylic acids is 3. The fourth-order valence-electron chi connectivity index (χ4n) is 4.00. The molecule has 0 spiro atoms. The molecule has 4 aromatic carbocycles. The molecule has 0 aliphatic carbocycles. The molecule has 4 aromatic rings. The van der Waals surface area contributed by atoms with Gasteiger partial charge in [0.05, 0.1) is 10.2 Å². The third kappa shape index (κ3) is 6.46. The van der Waals surface area contributed by atoms with Crippen molar-refractivity contribution in [2.45, 2.75) is 11.5 Å². The number of halogens is 2. The van der Waals surface area contributed by atoms with E-state index in [1.165, 1.54) is 36.4 Å². The molecule has 1 saturated heterocycles. The molecule has 12 heteroatoms. The number of hydrogen-bond acceptors (Lipinski definition) is 7. The molecule has 1 fully saturated rings. The average molecular weight is 712 g/mol. The molecule has 1 N–H and O–H groups in total. The van der Waals surface area contributed by atoms with E-state index < -0.39 is 33.5 Å². The summed E-state index contributed by atoms with van der Waals surface area (Å²) in [6.45, 7) is 0.331. The van der Waals surface area contributed by atoms with Gasteiger partial charge in [-0.2, -0.15) is 8.42 Å². The van der Waals surface area contributed by atoms with E-state index in [0.29, 0.717) is 16.8 Å². The van der Waals surface area contributed by atoms with Crippen LogP contribution in [0, 0.1) is 0 Å². The van der Waals surface area contributed by atoms with Crippen LogP contribution in [0.1, 0.15) is 11.1 Å². The number of urea groups is 1. The second-order valence-corrected chi connectivity index (χ2v) is 12.2. The predicted molar refractivity (Wildman–Crippen MR) is 162 cm³/mol. The first-order chi connectivity index (χ1) is 20.1. The zero-order valence-corrected chi connectivity index (χ0v) is 25.5. The molecule has 1 aliphatic rings. The number of hydrogen-bond donors (Lipinski definition) is 1. The summed E-state index contributed by atoms with van der Waals surface area (Å²) in [7, 11) is -4.26. The smallest absolute Gasteiger partial charge is 0.339 e. The number of anilines is 1. The lowest BCUT2D eigenvalue weighted by Crippen LogP contribution is -2.54.